The number of nitrogens with zero attached hydrogens (tertiary/aromatic N) is 3. The second-order valence-electron chi connectivity index (χ2n) is 8.68. The zero-order valence-corrected chi connectivity index (χ0v) is 17.6. The van der Waals surface area contributed by atoms with Gasteiger partial charge in [0, 0.05) is 49.2 Å². The minimum atomic E-state index is -0.823. The fourth-order valence-electron chi connectivity index (χ4n) is 5.05. The van der Waals surface area contributed by atoms with Crippen molar-refractivity contribution >= 4 is 22.8 Å². The minimum Gasteiger partial charge on any atom is -0.497 e. The maximum Gasteiger partial charge on any atom is 0.328 e. The number of fused-ring (bicyclic) bond motifs is 4. The van der Waals surface area contributed by atoms with Crippen LogP contribution in [0.2, 0.25) is 0 Å². The van der Waals surface area contributed by atoms with Gasteiger partial charge in [-0.15, -0.1) is 0 Å². The van der Waals surface area contributed by atoms with E-state index in [1.165, 1.54) is 4.90 Å². The number of amides is 3. The molecule has 1 N–H and O–H groups in total. The number of carbonyl (C=O) groups excluding carboxylic acids is 2. The topological polar surface area (TPSA) is 68.9 Å². The van der Waals surface area contributed by atoms with Crippen molar-refractivity contribution < 1.29 is 14.3 Å². The Morgan fingerprint density at radius 1 is 1.20 bits per heavy atom. The molecular weight excluding hydrogens is 380 g/mol. The Balaban J connectivity index is 1.36. The molecule has 3 amide bonds. The average molecular weight is 409 g/mol. The number of hydrogen-bond donors (Lipinski definition) is 1. The van der Waals surface area contributed by atoms with Crippen LogP contribution in [0.5, 0.6) is 5.75 Å². The van der Waals surface area contributed by atoms with E-state index in [0.29, 0.717) is 19.5 Å². The third-order valence-corrected chi connectivity index (χ3v) is 6.80. The third kappa shape index (κ3) is 2.91. The van der Waals surface area contributed by atoms with E-state index in [0.717, 1.165) is 60.4 Å². The Morgan fingerprint density at radius 3 is 2.83 bits per heavy atom. The molecule has 0 aliphatic carbocycles. The number of urea groups is 1. The van der Waals surface area contributed by atoms with E-state index in [4.69, 9.17) is 4.74 Å². The summed E-state index contributed by atoms with van der Waals surface area (Å²) < 4.78 is 5.38. The maximum atomic E-state index is 13.3. The molecule has 7 nitrogen and oxygen atoms in total. The summed E-state index contributed by atoms with van der Waals surface area (Å²) in [5.74, 6) is 0.717. The molecule has 3 aliphatic rings. The molecule has 0 bridgehead atoms. The highest BCUT2D eigenvalue weighted by Crippen LogP contribution is 2.41. The lowest BCUT2D eigenvalue weighted by molar-refractivity contribution is -0.133. The molecule has 5 rings (SSSR count). The third-order valence-electron chi connectivity index (χ3n) is 6.80. The van der Waals surface area contributed by atoms with E-state index < -0.39 is 5.54 Å². The van der Waals surface area contributed by atoms with Crippen molar-refractivity contribution in [3.8, 4) is 5.75 Å². The predicted molar refractivity (Wildman–Crippen MR) is 114 cm³/mol. The summed E-state index contributed by atoms with van der Waals surface area (Å²) in [5.41, 5.74) is 2.32. The molecule has 0 unspecified atom stereocenters. The van der Waals surface area contributed by atoms with Crippen molar-refractivity contribution in [1.29, 1.82) is 0 Å². The van der Waals surface area contributed by atoms with Crippen molar-refractivity contribution in [1.82, 2.24) is 19.7 Å². The van der Waals surface area contributed by atoms with Crippen molar-refractivity contribution in [2.24, 2.45) is 0 Å². The Morgan fingerprint density at radius 2 is 2.07 bits per heavy atom. The lowest BCUT2D eigenvalue weighted by atomic mass is 9.86. The standard InChI is InChI=1S/C23H28N4O3/c1-23-14-18-17-13-16(30-2)7-8-19(17)24-20(18)15-27(23)22(29)26(21(23)28)12-6-11-25-9-4-3-5-10-25/h3-4,7-8,13,24H,5-6,9-12,14-15H2,1-2H3/t23-/m0/s1. The van der Waals surface area contributed by atoms with Crippen LogP contribution in [0.1, 0.15) is 31.0 Å². The number of methoxy groups -OCH3 is 1. The van der Waals surface area contributed by atoms with E-state index in [1.54, 1.807) is 12.0 Å². The number of ether oxygens (including phenoxy) is 1. The van der Waals surface area contributed by atoms with Gasteiger partial charge < -0.3 is 14.6 Å². The molecule has 30 heavy (non-hydrogen) atoms. The van der Waals surface area contributed by atoms with Crippen LogP contribution < -0.4 is 4.74 Å². The maximum absolute atomic E-state index is 13.3. The van der Waals surface area contributed by atoms with E-state index in [1.807, 2.05) is 25.1 Å². The minimum absolute atomic E-state index is 0.0751. The smallest absolute Gasteiger partial charge is 0.328 e. The van der Waals surface area contributed by atoms with Gasteiger partial charge in [-0.3, -0.25) is 14.6 Å². The highest BCUT2D eigenvalue weighted by molar-refractivity contribution is 6.07. The number of carbonyl (C=O) groups is 2. The fourth-order valence-corrected chi connectivity index (χ4v) is 5.05. The van der Waals surface area contributed by atoms with Crippen molar-refractivity contribution in [2.75, 3.05) is 33.3 Å². The molecule has 1 fully saturated rings. The number of aromatic amines is 1. The Hall–Kier alpha value is -2.80. The highest BCUT2D eigenvalue weighted by Gasteiger charge is 2.56. The molecule has 7 heteroatoms. The average Bonchev–Trinajstić information content (AvgIpc) is 3.20. The van der Waals surface area contributed by atoms with Gasteiger partial charge in [-0.2, -0.15) is 0 Å². The van der Waals surface area contributed by atoms with Gasteiger partial charge in [-0.05, 0) is 43.5 Å². The zero-order chi connectivity index (χ0) is 20.9. The van der Waals surface area contributed by atoms with Gasteiger partial charge in [0.05, 0.1) is 13.7 Å². The highest BCUT2D eigenvalue weighted by atomic mass is 16.5. The molecule has 0 radical (unpaired) electrons. The first-order valence-corrected chi connectivity index (χ1v) is 10.7. The van der Waals surface area contributed by atoms with Crippen molar-refractivity contribution in [3.05, 3.63) is 41.6 Å². The van der Waals surface area contributed by atoms with E-state index in [-0.39, 0.29) is 11.9 Å². The number of benzene rings is 1. The van der Waals surface area contributed by atoms with Gasteiger partial charge in [0.15, 0.2) is 0 Å². The van der Waals surface area contributed by atoms with Crippen LogP contribution in [0.3, 0.4) is 0 Å². The van der Waals surface area contributed by atoms with Crippen LogP contribution in [0, 0.1) is 0 Å². The fraction of sp³-hybridized carbons (Fsp3) is 0.478. The Labute approximate surface area is 176 Å². The molecule has 0 spiro atoms. The van der Waals surface area contributed by atoms with Crippen LogP contribution in [0.15, 0.2) is 30.4 Å². The zero-order valence-electron chi connectivity index (χ0n) is 17.6. The first-order valence-electron chi connectivity index (χ1n) is 10.7. The predicted octanol–water partition coefficient (Wildman–Crippen LogP) is 2.91. The van der Waals surface area contributed by atoms with Crippen LogP contribution in [0.25, 0.3) is 10.9 Å². The number of imide groups is 1. The lowest BCUT2D eigenvalue weighted by Crippen LogP contribution is -2.51. The molecule has 2 aromatic rings. The quantitative estimate of drug-likeness (QED) is 0.610. The summed E-state index contributed by atoms with van der Waals surface area (Å²) in [6.45, 7) is 5.73. The molecule has 1 saturated heterocycles. The molecule has 1 aromatic carbocycles. The van der Waals surface area contributed by atoms with E-state index >= 15 is 0 Å². The number of nitrogens with one attached hydrogen (secondary N) is 1. The molecule has 1 aromatic heterocycles. The first kappa shape index (κ1) is 19.2. The van der Waals surface area contributed by atoms with Crippen LogP contribution in [0.4, 0.5) is 4.79 Å². The van der Waals surface area contributed by atoms with Gasteiger partial charge >= 0.3 is 6.03 Å². The molecule has 1 atom stereocenters. The number of rotatable bonds is 5. The van der Waals surface area contributed by atoms with E-state index in [2.05, 4.69) is 22.0 Å². The van der Waals surface area contributed by atoms with Gasteiger partial charge in [0.25, 0.3) is 5.91 Å². The summed E-state index contributed by atoms with van der Waals surface area (Å²) in [7, 11) is 1.65. The number of hydrogen-bond acceptors (Lipinski definition) is 4. The van der Waals surface area contributed by atoms with Crippen molar-refractivity contribution in [3.63, 3.8) is 0 Å². The van der Waals surface area contributed by atoms with E-state index in [9.17, 15) is 9.59 Å². The second kappa shape index (κ2) is 7.16. The summed E-state index contributed by atoms with van der Waals surface area (Å²) in [6, 6.07) is 5.76. The summed E-state index contributed by atoms with van der Waals surface area (Å²) in [6.07, 6.45) is 6.79. The molecule has 158 valence electrons. The second-order valence-corrected chi connectivity index (χ2v) is 8.68. The number of aromatic nitrogens is 1. The van der Waals surface area contributed by atoms with Gasteiger partial charge in [-0.25, -0.2) is 4.79 Å². The molecule has 3 aliphatic heterocycles. The Bertz CT molecular complexity index is 1040. The summed E-state index contributed by atoms with van der Waals surface area (Å²) in [5, 5.41) is 1.07. The van der Waals surface area contributed by atoms with Gasteiger partial charge in [-0.1, -0.05) is 12.2 Å². The normalized spacial score (nSPS) is 23.9. The van der Waals surface area contributed by atoms with Crippen LogP contribution in [-0.2, 0) is 17.8 Å². The lowest BCUT2D eigenvalue weighted by Gasteiger charge is -2.35. The first-order chi connectivity index (χ1) is 14.5. The van der Waals surface area contributed by atoms with Crippen LogP contribution >= 0.6 is 0 Å². The summed E-state index contributed by atoms with van der Waals surface area (Å²) in [4.78, 5) is 35.5. The van der Waals surface area contributed by atoms with Gasteiger partial charge in [0.1, 0.15) is 11.3 Å². The monoisotopic (exact) mass is 408 g/mol. The molecular formula is C23H28N4O3. The number of H-pyrrole nitrogens is 1. The molecule has 0 saturated carbocycles. The SMILES string of the molecule is COc1ccc2[nH]c3c(c2c1)C[C@@]1(C)C(=O)N(CCCN2CC=CCC2)C(=O)N1C3. The summed E-state index contributed by atoms with van der Waals surface area (Å²) >= 11 is 0. The van der Waals surface area contributed by atoms with Crippen LogP contribution in [-0.4, -0.2) is 70.4 Å². The Kier molecular flexibility index (Phi) is 4.58. The van der Waals surface area contributed by atoms with Crippen molar-refractivity contribution in [2.45, 2.75) is 38.3 Å². The van der Waals surface area contributed by atoms with Gasteiger partial charge in [0.2, 0.25) is 0 Å². The largest absolute Gasteiger partial charge is 0.497 e. The molecule has 4 heterocycles.